The molecule has 1 aromatic heterocycles. The lowest BCUT2D eigenvalue weighted by Crippen LogP contribution is -2.40. The molecule has 3 rings (SSSR count). The fraction of sp³-hybridized carbons (Fsp3) is 0.391. The largest absolute Gasteiger partial charge is 0.457 e. The molecule has 0 aliphatic carbocycles. The number of ether oxygens (including phenoxy) is 1. The van der Waals surface area contributed by atoms with Gasteiger partial charge in [0.1, 0.15) is 23.0 Å². The van der Waals surface area contributed by atoms with Gasteiger partial charge >= 0.3 is 7.60 Å². The van der Waals surface area contributed by atoms with Crippen LogP contribution in [-0.2, 0) is 9.36 Å². The molecule has 0 saturated heterocycles. The summed E-state index contributed by atoms with van der Waals surface area (Å²) in [6.07, 6.45) is 0.0985. The molecule has 0 spiro atoms. The van der Waals surface area contributed by atoms with Crippen LogP contribution in [0.5, 0.6) is 11.5 Å². The van der Waals surface area contributed by atoms with E-state index >= 15 is 0 Å². The molecular weight excluding hydrogens is 429 g/mol. The van der Waals surface area contributed by atoms with E-state index < -0.39 is 25.2 Å². The van der Waals surface area contributed by atoms with Crippen LogP contribution in [0.15, 0.2) is 48.5 Å². The molecule has 0 radical (unpaired) electrons. The molecule has 1 amide bonds. The molecule has 0 aliphatic rings. The highest BCUT2D eigenvalue weighted by Gasteiger charge is 2.37. The first-order valence-electron chi connectivity index (χ1n) is 10.6. The summed E-state index contributed by atoms with van der Waals surface area (Å²) in [6, 6.07) is 14.4. The molecule has 0 aliphatic heterocycles. The van der Waals surface area contributed by atoms with Crippen molar-refractivity contribution in [1.82, 2.24) is 15.3 Å². The molecular formula is C23H30N3O5P. The topological polar surface area (TPSA) is 125 Å². The summed E-state index contributed by atoms with van der Waals surface area (Å²) >= 11 is 0. The summed E-state index contributed by atoms with van der Waals surface area (Å²) in [5.74, 6) is 1.10. The molecule has 8 nitrogen and oxygen atoms in total. The minimum Gasteiger partial charge on any atom is -0.457 e. The van der Waals surface area contributed by atoms with Gasteiger partial charge in [0, 0.05) is 6.07 Å². The molecule has 9 heteroatoms. The van der Waals surface area contributed by atoms with Crippen molar-refractivity contribution in [3.05, 3.63) is 54.4 Å². The summed E-state index contributed by atoms with van der Waals surface area (Å²) in [5.41, 5.74) is 0.0510. The van der Waals surface area contributed by atoms with E-state index in [1.54, 1.807) is 6.07 Å². The second kappa shape index (κ2) is 9.86. The average Bonchev–Trinajstić information content (AvgIpc) is 3.12. The minimum atomic E-state index is -4.59. The van der Waals surface area contributed by atoms with E-state index in [4.69, 9.17) is 4.74 Å². The highest BCUT2D eigenvalue weighted by atomic mass is 31.2. The number of aromatic amines is 1. The fourth-order valence-corrected chi connectivity index (χ4v) is 4.56. The van der Waals surface area contributed by atoms with E-state index in [1.807, 2.05) is 70.2 Å². The molecule has 0 bridgehead atoms. The second-order valence-electron chi connectivity index (χ2n) is 8.68. The molecule has 4 N–H and O–H groups in total. The van der Waals surface area contributed by atoms with Crippen molar-refractivity contribution in [1.29, 1.82) is 0 Å². The van der Waals surface area contributed by atoms with Crippen LogP contribution < -0.4 is 10.1 Å². The van der Waals surface area contributed by atoms with E-state index in [-0.39, 0.29) is 18.3 Å². The molecule has 2 aromatic carbocycles. The highest BCUT2D eigenvalue weighted by Crippen LogP contribution is 2.44. The van der Waals surface area contributed by atoms with E-state index in [0.717, 1.165) is 5.52 Å². The standard InChI is InChI=1S/C23H30N3O5P/c1-14(2)12-20(32(28,29)30)23(27)26-21(15(3)4)22-24-18-11-10-17(13-19(18)25-22)31-16-8-6-5-7-9-16/h5-11,13-15,20-21H,12H2,1-4H3,(H,24,25)(H,26,27)(H2,28,29,30). The van der Waals surface area contributed by atoms with Crippen LogP contribution in [0.25, 0.3) is 11.0 Å². The Labute approximate surface area is 187 Å². The number of para-hydroxylation sites is 1. The molecule has 3 aromatic rings. The third-order valence-electron chi connectivity index (χ3n) is 5.11. The quantitative estimate of drug-likeness (QED) is 0.342. The van der Waals surface area contributed by atoms with Crippen molar-refractivity contribution in [3.63, 3.8) is 0 Å². The SMILES string of the molecule is CC(C)CC(C(=O)NC(c1nc2cc(Oc3ccccc3)ccc2[nH]1)C(C)C)P(=O)(O)O. The van der Waals surface area contributed by atoms with Gasteiger partial charge in [-0.05, 0) is 42.5 Å². The van der Waals surface area contributed by atoms with Crippen molar-refractivity contribution in [2.75, 3.05) is 0 Å². The zero-order valence-electron chi connectivity index (χ0n) is 18.6. The van der Waals surface area contributed by atoms with Crippen molar-refractivity contribution < 1.29 is 23.9 Å². The number of nitrogens with zero attached hydrogens (tertiary/aromatic N) is 1. The van der Waals surface area contributed by atoms with Crippen LogP contribution in [0.1, 0.15) is 46.0 Å². The van der Waals surface area contributed by atoms with Gasteiger partial charge in [-0.25, -0.2) is 4.98 Å². The zero-order chi connectivity index (χ0) is 23.5. The predicted molar refractivity (Wildman–Crippen MR) is 124 cm³/mol. The first kappa shape index (κ1) is 24.0. The first-order valence-corrected chi connectivity index (χ1v) is 12.3. The monoisotopic (exact) mass is 459 g/mol. The van der Waals surface area contributed by atoms with Crippen molar-refractivity contribution in [3.8, 4) is 11.5 Å². The van der Waals surface area contributed by atoms with Crippen LogP contribution in [0, 0.1) is 11.8 Å². The van der Waals surface area contributed by atoms with Crippen LogP contribution >= 0.6 is 7.60 Å². The van der Waals surface area contributed by atoms with Gasteiger partial charge in [-0.2, -0.15) is 0 Å². The Morgan fingerprint density at radius 2 is 1.78 bits per heavy atom. The third kappa shape index (κ3) is 5.97. The number of amides is 1. The summed E-state index contributed by atoms with van der Waals surface area (Å²) in [5, 5.41) is 2.80. The minimum absolute atomic E-state index is 0.0369. The summed E-state index contributed by atoms with van der Waals surface area (Å²) < 4.78 is 17.8. The highest BCUT2D eigenvalue weighted by molar-refractivity contribution is 7.53. The maximum absolute atomic E-state index is 12.8. The Morgan fingerprint density at radius 3 is 2.38 bits per heavy atom. The van der Waals surface area contributed by atoms with Crippen LogP contribution in [0.4, 0.5) is 0 Å². The van der Waals surface area contributed by atoms with Crippen molar-refractivity contribution in [2.45, 2.75) is 45.8 Å². The van der Waals surface area contributed by atoms with Crippen LogP contribution in [0.2, 0.25) is 0 Å². The van der Waals surface area contributed by atoms with Gasteiger partial charge in [-0.15, -0.1) is 0 Å². The third-order valence-corrected chi connectivity index (χ3v) is 6.37. The van der Waals surface area contributed by atoms with E-state index in [1.165, 1.54) is 0 Å². The molecule has 172 valence electrons. The van der Waals surface area contributed by atoms with Gasteiger partial charge in [0.2, 0.25) is 5.91 Å². The number of aromatic nitrogens is 2. The predicted octanol–water partition coefficient (Wildman–Crippen LogP) is 4.76. The Kier molecular flexibility index (Phi) is 7.39. The van der Waals surface area contributed by atoms with Gasteiger partial charge in [0.25, 0.3) is 0 Å². The smallest absolute Gasteiger partial charge is 0.337 e. The molecule has 2 unspecified atom stereocenters. The number of rotatable bonds is 9. The lowest BCUT2D eigenvalue weighted by atomic mass is 10.0. The van der Waals surface area contributed by atoms with Gasteiger partial charge < -0.3 is 24.8 Å². The molecule has 2 atom stereocenters. The molecule has 1 heterocycles. The van der Waals surface area contributed by atoms with Gasteiger partial charge in [-0.1, -0.05) is 45.9 Å². The van der Waals surface area contributed by atoms with E-state index in [9.17, 15) is 19.1 Å². The average molecular weight is 459 g/mol. The van der Waals surface area contributed by atoms with Crippen molar-refractivity contribution >= 4 is 24.5 Å². The number of nitrogens with one attached hydrogen (secondary N) is 2. The maximum atomic E-state index is 12.8. The van der Waals surface area contributed by atoms with Gasteiger partial charge in [-0.3, -0.25) is 9.36 Å². The van der Waals surface area contributed by atoms with Crippen molar-refractivity contribution in [2.24, 2.45) is 11.8 Å². The Hall–Kier alpha value is -2.67. The number of carbonyl (C=O) groups excluding carboxylic acids is 1. The first-order chi connectivity index (χ1) is 15.0. The molecule has 0 saturated carbocycles. The van der Waals surface area contributed by atoms with E-state index in [0.29, 0.717) is 22.8 Å². The number of hydrogen-bond acceptors (Lipinski definition) is 4. The Balaban J connectivity index is 1.85. The number of benzene rings is 2. The lowest BCUT2D eigenvalue weighted by molar-refractivity contribution is -0.122. The van der Waals surface area contributed by atoms with E-state index in [2.05, 4.69) is 15.3 Å². The molecule has 32 heavy (non-hydrogen) atoms. The fourth-order valence-electron chi connectivity index (χ4n) is 3.48. The van der Waals surface area contributed by atoms with Gasteiger partial charge in [0.15, 0.2) is 0 Å². The number of carbonyl (C=O) groups is 1. The lowest BCUT2D eigenvalue weighted by Gasteiger charge is -2.25. The number of imidazole rings is 1. The zero-order valence-corrected chi connectivity index (χ0v) is 19.5. The summed E-state index contributed by atoms with van der Waals surface area (Å²) in [6.45, 7) is 7.47. The second-order valence-corrected chi connectivity index (χ2v) is 10.5. The number of fused-ring (bicyclic) bond motifs is 1. The number of H-pyrrole nitrogens is 1. The Bertz CT molecular complexity index is 1110. The summed E-state index contributed by atoms with van der Waals surface area (Å²) in [7, 11) is -4.59. The Morgan fingerprint density at radius 1 is 1.09 bits per heavy atom. The van der Waals surface area contributed by atoms with Gasteiger partial charge in [0.05, 0.1) is 17.1 Å². The number of hydrogen-bond donors (Lipinski definition) is 4. The summed E-state index contributed by atoms with van der Waals surface area (Å²) in [4.78, 5) is 40.1. The van der Waals surface area contributed by atoms with Crippen LogP contribution in [0.3, 0.4) is 0 Å². The normalized spacial score (nSPS) is 14.0. The van der Waals surface area contributed by atoms with Crippen LogP contribution in [-0.4, -0.2) is 31.3 Å². The maximum Gasteiger partial charge on any atom is 0.337 e. The molecule has 0 fully saturated rings.